The summed E-state index contributed by atoms with van der Waals surface area (Å²) in [5.41, 5.74) is -1.96. The predicted octanol–water partition coefficient (Wildman–Crippen LogP) is 4.50. The molecule has 0 radical (unpaired) electrons. The number of aromatic nitrogens is 3. The number of amides is 1. The third-order valence-corrected chi connectivity index (χ3v) is 5.47. The minimum atomic E-state index is -4.77. The summed E-state index contributed by atoms with van der Waals surface area (Å²) in [5, 5.41) is 5.86. The summed E-state index contributed by atoms with van der Waals surface area (Å²) in [7, 11) is 0. The van der Waals surface area contributed by atoms with Gasteiger partial charge in [-0.3, -0.25) is 9.36 Å². The van der Waals surface area contributed by atoms with E-state index in [0.29, 0.717) is 24.9 Å². The number of hydrogen-bond donors (Lipinski definition) is 1. The molecule has 2 aromatic carbocycles. The van der Waals surface area contributed by atoms with Gasteiger partial charge in [-0.2, -0.15) is 17.9 Å². The van der Waals surface area contributed by atoms with Crippen molar-refractivity contribution in [3.8, 4) is 11.4 Å². The molecule has 1 aliphatic heterocycles. The summed E-state index contributed by atoms with van der Waals surface area (Å²) >= 11 is 5.80. The molecule has 34 heavy (non-hydrogen) atoms. The number of carbonyl (C=O) groups is 1. The van der Waals surface area contributed by atoms with Gasteiger partial charge in [0.05, 0.1) is 16.3 Å². The molecular weight excluding hydrogens is 487 g/mol. The molecule has 1 aliphatic rings. The second-order valence-corrected chi connectivity index (χ2v) is 7.86. The molecule has 3 aromatic rings. The highest BCUT2D eigenvalue weighted by Crippen LogP contribution is 2.30. The number of ether oxygens (including phenoxy) is 1. The molecule has 0 atom stereocenters. The SMILES string of the molecule is O=C(Nc1cccc(F)c1Cl)c1cc(F)c(-n2nc3n(c2=O)CCCC3)cc1OCC(F)(F)F. The van der Waals surface area contributed by atoms with Gasteiger partial charge in [-0.25, -0.2) is 13.6 Å². The zero-order valence-corrected chi connectivity index (χ0v) is 18.0. The fourth-order valence-electron chi connectivity index (χ4n) is 3.51. The minimum absolute atomic E-state index is 0.184. The second kappa shape index (κ2) is 9.09. The number of nitrogens with zero attached hydrogens (tertiary/aromatic N) is 3. The Bertz CT molecular complexity index is 1320. The smallest absolute Gasteiger partial charge is 0.422 e. The summed E-state index contributed by atoms with van der Waals surface area (Å²) in [5.74, 6) is -3.30. The maximum absolute atomic E-state index is 15.0. The Morgan fingerprint density at radius 3 is 2.65 bits per heavy atom. The van der Waals surface area contributed by atoms with Gasteiger partial charge in [-0.15, -0.1) is 5.10 Å². The molecule has 4 rings (SSSR count). The van der Waals surface area contributed by atoms with Crippen molar-refractivity contribution < 1.29 is 31.5 Å². The molecule has 180 valence electrons. The van der Waals surface area contributed by atoms with E-state index in [4.69, 9.17) is 16.3 Å². The van der Waals surface area contributed by atoms with Crippen molar-refractivity contribution in [3.05, 3.63) is 68.9 Å². The Labute approximate surface area is 193 Å². The molecule has 13 heteroatoms. The minimum Gasteiger partial charge on any atom is -0.483 e. The van der Waals surface area contributed by atoms with Crippen LogP contribution in [0.4, 0.5) is 27.6 Å². The van der Waals surface area contributed by atoms with Gasteiger partial charge < -0.3 is 10.1 Å². The Kier molecular flexibility index (Phi) is 6.34. The van der Waals surface area contributed by atoms with Crippen LogP contribution in [0.1, 0.15) is 29.0 Å². The number of rotatable bonds is 5. The van der Waals surface area contributed by atoms with Gasteiger partial charge in [0.25, 0.3) is 5.91 Å². The van der Waals surface area contributed by atoms with Crippen molar-refractivity contribution >= 4 is 23.2 Å². The number of hydrogen-bond acceptors (Lipinski definition) is 4. The van der Waals surface area contributed by atoms with E-state index >= 15 is 4.39 Å². The number of nitrogens with one attached hydrogen (secondary N) is 1. The van der Waals surface area contributed by atoms with Crippen molar-refractivity contribution in [2.24, 2.45) is 0 Å². The van der Waals surface area contributed by atoms with Crippen LogP contribution in [-0.2, 0) is 13.0 Å². The molecule has 0 aliphatic carbocycles. The van der Waals surface area contributed by atoms with E-state index in [-0.39, 0.29) is 5.69 Å². The van der Waals surface area contributed by atoms with Gasteiger partial charge in [-0.1, -0.05) is 17.7 Å². The van der Waals surface area contributed by atoms with Crippen LogP contribution >= 0.6 is 11.6 Å². The number of alkyl halides is 3. The maximum Gasteiger partial charge on any atom is 0.422 e. The lowest BCUT2D eigenvalue weighted by Crippen LogP contribution is -2.27. The first-order chi connectivity index (χ1) is 16.0. The van der Waals surface area contributed by atoms with Gasteiger partial charge in [0.15, 0.2) is 6.61 Å². The summed E-state index contributed by atoms with van der Waals surface area (Å²) in [4.78, 5) is 25.4. The Morgan fingerprint density at radius 2 is 1.94 bits per heavy atom. The molecule has 0 fully saturated rings. The third kappa shape index (κ3) is 4.76. The van der Waals surface area contributed by atoms with Crippen molar-refractivity contribution in [2.45, 2.75) is 32.0 Å². The maximum atomic E-state index is 15.0. The Balaban J connectivity index is 1.77. The summed E-state index contributed by atoms with van der Waals surface area (Å²) in [6, 6.07) is 4.94. The van der Waals surface area contributed by atoms with Crippen LogP contribution in [0.25, 0.3) is 5.69 Å². The van der Waals surface area contributed by atoms with Crippen LogP contribution < -0.4 is 15.7 Å². The van der Waals surface area contributed by atoms with E-state index < -0.39 is 58.0 Å². The van der Waals surface area contributed by atoms with Crippen LogP contribution in [0.2, 0.25) is 5.02 Å². The molecule has 1 N–H and O–H groups in total. The molecule has 2 heterocycles. The normalized spacial score (nSPS) is 13.5. The number of carbonyl (C=O) groups excluding carboxylic acids is 1. The summed E-state index contributed by atoms with van der Waals surface area (Å²) in [6.07, 6.45) is -2.78. The first-order valence-corrected chi connectivity index (χ1v) is 10.4. The molecular formula is C21H16ClF5N4O3. The van der Waals surface area contributed by atoms with Crippen LogP contribution in [0, 0.1) is 11.6 Å². The first kappa shape index (κ1) is 23.7. The van der Waals surface area contributed by atoms with Gasteiger partial charge in [0.1, 0.15) is 28.9 Å². The van der Waals surface area contributed by atoms with Gasteiger partial charge >= 0.3 is 11.9 Å². The monoisotopic (exact) mass is 502 g/mol. The van der Waals surface area contributed by atoms with Gasteiger partial charge in [0, 0.05) is 19.0 Å². The highest BCUT2D eigenvalue weighted by molar-refractivity contribution is 6.34. The zero-order valence-electron chi connectivity index (χ0n) is 17.3. The summed E-state index contributed by atoms with van der Waals surface area (Å²) in [6.45, 7) is -1.41. The summed E-state index contributed by atoms with van der Waals surface area (Å²) < 4.78 is 74.0. The largest absolute Gasteiger partial charge is 0.483 e. The van der Waals surface area contributed by atoms with Gasteiger partial charge in [0.2, 0.25) is 0 Å². The van der Waals surface area contributed by atoms with Gasteiger partial charge in [-0.05, 0) is 31.0 Å². The van der Waals surface area contributed by atoms with E-state index in [1.807, 2.05) is 0 Å². The average Bonchev–Trinajstić information content (AvgIpc) is 3.11. The number of benzene rings is 2. The molecule has 0 saturated carbocycles. The van der Waals surface area contributed by atoms with Crippen LogP contribution in [0.15, 0.2) is 35.1 Å². The molecule has 1 amide bonds. The van der Waals surface area contributed by atoms with Crippen molar-refractivity contribution in [3.63, 3.8) is 0 Å². The topological polar surface area (TPSA) is 78.2 Å². The number of halogens is 6. The number of aryl methyl sites for hydroxylation is 1. The molecule has 1 aromatic heterocycles. The molecule has 0 unspecified atom stereocenters. The Hall–Kier alpha value is -3.41. The highest BCUT2D eigenvalue weighted by atomic mass is 35.5. The molecule has 7 nitrogen and oxygen atoms in total. The average molecular weight is 503 g/mol. The standard InChI is InChI=1S/C21H16ClF5N4O3/c22-18-12(23)4-3-5-14(18)28-19(32)11-8-13(24)15(9-16(11)34-10-21(25,26)27)31-20(33)30-7-2-1-6-17(30)29-31/h3-5,8-9H,1-2,6-7,10H2,(H,28,32). The van der Waals surface area contributed by atoms with E-state index in [2.05, 4.69) is 10.4 Å². The first-order valence-electron chi connectivity index (χ1n) is 10.0. The fourth-order valence-corrected chi connectivity index (χ4v) is 3.68. The van der Waals surface area contributed by atoms with Crippen LogP contribution in [0.3, 0.4) is 0 Å². The molecule has 0 bridgehead atoms. The number of anilines is 1. The molecule has 0 spiro atoms. The van der Waals surface area contributed by atoms with Crippen molar-refractivity contribution in [1.29, 1.82) is 0 Å². The van der Waals surface area contributed by atoms with Crippen LogP contribution in [-0.4, -0.2) is 33.0 Å². The van der Waals surface area contributed by atoms with E-state index in [1.54, 1.807) is 0 Å². The lowest BCUT2D eigenvalue weighted by Gasteiger charge is -2.15. The zero-order chi connectivity index (χ0) is 24.6. The Morgan fingerprint density at radius 1 is 1.18 bits per heavy atom. The quantitative estimate of drug-likeness (QED) is 0.521. The van der Waals surface area contributed by atoms with Crippen molar-refractivity contribution in [2.75, 3.05) is 11.9 Å². The second-order valence-electron chi connectivity index (χ2n) is 7.48. The third-order valence-electron chi connectivity index (χ3n) is 5.08. The number of fused-ring (bicyclic) bond motifs is 1. The lowest BCUT2D eigenvalue weighted by atomic mass is 10.1. The van der Waals surface area contributed by atoms with E-state index in [0.717, 1.165) is 29.7 Å². The highest BCUT2D eigenvalue weighted by Gasteiger charge is 2.30. The van der Waals surface area contributed by atoms with Crippen LogP contribution in [0.5, 0.6) is 5.75 Å². The molecule has 0 saturated heterocycles. The van der Waals surface area contributed by atoms with Crippen molar-refractivity contribution in [1.82, 2.24) is 14.3 Å². The van der Waals surface area contributed by atoms with E-state index in [1.165, 1.54) is 16.7 Å². The lowest BCUT2D eigenvalue weighted by molar-refractivity contribution is -0.153. The predicted molar refractivity (Wildman–Crippen MR) is 112 cm³/mol. The fraction of sp³-hybridized carbons (Fsp3) is 0.286. The van der Waals surface area contributed by atoms with E-state index in [9.17, 15) is 27.2 Å².